The predicted molar refractivity (Wildman–Crippen MR) is 93.7 cm³/mol. The van der Waals surface area contributed by atoms with Gasteiger partial charge in [0.1, 0.15) is 0 Å². The number of piperazine rings is 1. The molecule has 1 aromatic heterocycles. The lowest BCUT2D eigenvalue weighted by molar-refractivity contribution is 0.383. The van der Waals surface area contributed by atoms with Crippen LogP contribution in [0.25, 0.3) is 0 Å². The SMILES string of the molecule is Cc1cc(C)cc(S(=O)(=O)N2CCN(c3ccc(C)nn3)CC2)c1. The fourth-order valence-electron chi connectivity index (χ4n) is 2.95. The van der Waals surface area contributed by atoms with Crippen molar-refractivity contribution in [3.63, 3.8) is 0 Å². The summed E-state index contributed by atoms with van der Waals surface area (Å²) in [5.74, 6) is 0.795. The monoisotopic (exact) mass is 346 g/mol. The molecule has 0 bridgehead atoms. The molecule has 1 saturated heterocycles. The Morgan fingerprint density at radius 1 is 0.875 bits per heavy atom. The molecule has 0 N–H and O–H groups in total. The van der Waals surface area contributed by atoms with Gasteiger partial charge >= 0.3 is 0 Å². The zero-order valence-corrected chi connectivity index (χ0v) is 15.0. The third kappa shape index (κ3) is 3.42. The van der Waals surface area contributed by atoms with Gasteiger partial charge in [0, 0.05) is 26.2 Å². The van der Waals surface area contributed by atoms with Gasteiger partial charge in [-0.1, -0.05) is 6.07 Å². The van der Waals surface area contributed by atoms with Gasteiger partial charge in [0.2, 0.25) is 10.0 Å². The van der Waals surface area contributed by atoms with Crippen molar-refractivity contribution in [2.75, 3.05) is 31.1 Å². The Labute approximate surface area is 143 Å². The molecule has 0 spiro atoms. The van der Waals surface area contributed by atoms with E-state index in [9.17, 15) is 8.42 Å². The van der Waals surface area contributed by atoms with Crippen molar-refractivity contribution in [1.82, 2.24) is 14.5 Å². The van der Waals surface area contributed by atoms with Crippen molar-refractivity contribution in [3.8, 4) is 0 Å². The van der Waals surface area contributed by atoms with Crippen molar-refractivity contribution in [1.29, 1.82) is 0 Å². The molecule has 0 amide bonds. The number of benzene rings is 1. The maximum Gasteiger partial charge on any atom is 0.243 e. The molecule has 0 saturated carbocycles. The fraction of sp³-hybridized carbons (Fsp3) is 0.412. The van der Waals surface area contributed by atoms with Crippen LogP contribution < -0.4 is 4.90 Å². The highest BCUT2D eigenvalue weighted by Crippen LogP contribution is 2.21. The Bertz CT molecular complexity index is 806. The largest absolute Gasteiger partial charge is 0.352 e. The smallest absolute Gasteiger partial charge is 0.243 e. The van der Waals surface area contributed by atoms with Gasteiger partial charge < -0.3 is 4.90 Å². The zero-order chi connectivity index (χ0) is 17.3. The number of nitrogens with zero attached hydrogens (tertiary/aromatic N) is 4. The molecule has 128 valence electrons. The summed E-state index contributed by atoms with van der Waals surface area (Å²) in [6.45, 7) is 7.85. The molecular weight excluding hydrogens is 324 g/mol. The van der Waals surface area contributed by atoms with E-state index in [1.165, 1.54) is 0 Å². The topological polar surface area (TPSA) is 66.4 Å². The van der Waals surface area contributed by atoms with Gasteiger partial charge in [-0.15, -0.1) is 5.10 Å². The van der Waals surface area contributed by atoms with Gasteiger partial charge in [-0.2, -0.15) is 9.40 Å². The summed E-state index contributed by atoms with van der Waals surface area (Å²) < 4.78 is 27.3. The third-order valence-electron chi connectivity index (χ3n) is 4.18. The minimum Gasteiger partial charge on any atom is -0.352 e. The number of anilines is 1. The Balaban J connectivity index is 1.74. The first-order chi connectivity index (χ1) is 11.4. The van der Waals surface area contributed by atoms with Crippen LogP contribution >= 0.6 is 0 Å². The van der Waals surface area contributed by atoms with Crippen LogP contribution in [0.4, 0.5) is 5.82 Å². The molecule has 1 aliphatic heterocycles. The highest BCUT2D eigenvalue weighted by molar-refractivity contribution is 7.89. The van der Waals surface area contributed by atoms with E-state index >= 15 is 0 Å². The normalized spacial score (nSPS) is 16.4. The van der Waals surface area contributed by atoms with Crippen LogP contribution in [-0.2, 0) is 10.0 Å². The predicted octanol–water partition coefficient (Wildman–Crippen LogP) is 1.91. The highest BCUT2D eigenvalue weighted by atomic mass is 32.2. The average Bonchev–Trinajstić information content (AvgIpc) is 2.55. The van der Waals surface area contributed by atoms with Crippen LogP contribution in [0.5, 0.6) is 0 Å². The molecule has 24 heavy (non-hydrogen) atoms. The van der Waals surface area contributed by atoms with E-state index in [-0.39, 0.29) is 0 Å². The summed E-state index contributed by atoms with van der Waals surface area (Å²) in [6, 6.07) is 9.30. The first kappa shape index (κ1) is 16.9. The number of sulfonamides is 1. The third-order valence-corrected chi connectivity index (χ3v) is 6.06. The van der Waals surface area contributed by atoms with E-state index in [1.807, 2.05) is 39.0 Å². The minimum absolute atomic E-state index is 0.378. The zero-order valence-electron chi connectivity index (χ0n) is 14.2. The van der Waals surface area contributed by atoms with Crippen molar-refractivity contribution in [2.45, 2.75) is 25.7 Å². The molecule has 1 fully saturated rings. The van der Waals surface area contributed by atoms with Gasteiger partial charge in [0.15, 0.2) is 5.82 Å². The molecule has 6 nitrogen and oxygen atoms in total. The molecule has 0 atom stereocenters. The second-order valence-electron chi connectivity index (χ2n) is 6.25. The second-order valence-corrected chi connectivity index (χ2v) is 8.19. The summed E-state index contributed by atoms with van der Waals surface area (Å²) in [4.78, 5) is 2.45. The van der Waals surface area contributed by atoms with E-state index < -0.39 is 10.0 Å². The van der Waals surface area contributed by atoms with Crippen molar-refractivity contribution in [2.24, 2.45) is 0 Å². The first-order valence-electron chi connectivity index (χ1n) is 8.00. The Kier molecular flexibility index (Phi) is 4.56. The number of rotatable bonds is 3. The van der Waals surface area contributed by atoms with Gasteiger partial charge in [0.05, 0.1) is 10.6 Å². The van der Waals surface area contributed by atoms with Gasteiger partial charge in [-0.25, -0.2) is 8.42 Å². The van der Waals surface area contributed by atoms with Crippen LogP contribution in [0.2, 0.25) is 0 Å². The molecule has 2 heterocycles. The van der Waals surface area contributed by atoms with E-state index in [1.54, 1.807) is 16.4 Å². The number of hydrogen-bond donors (Lipinski definition) is 0. The molecule has 0 aliphatic carbocycles. The maximum atomic E-state index is 12.9. The maximum absolute atomic E-state index is 12.9. The molecule has 0 unspecified atom stereocenters. The molecule has 7 heteroatoms. The lowest BCUT2D eigenvalue weighted by atomic mass is 10.2. The molecule has 1 aliphatic rings. The van der Waals surface area contributed by atoms with E-state index in [0.717, 1.165) is 22.6 Å². The quantitative estimate of drug-likeness (QED) is 0.849. The van der Waals surface area contributed by atoms with Crippen molar-refractivity contribution in [3.05, 3.63) is 47.2 Å². The fourth-order valence-corrected chi connectivity index (χ4v) is 4.56. The van der Waals surface area contributed by atoms with Gasteiger partial charge in [0.25, 0.3) is 0 Å². The number of hydrogen-bond acceptors (Lipinski definition) is 5. The highest BCUT2D eigenvalue weighted by Gasteiger charge is 2.29. The van der Waals surface area contributed by atoms with E-state index in [2.05, 4.69) is 15.1 Å². The first-order valence-corrected chi connectivity index (χ1v) is 9.44. The molecule has 2 aromatic rings. The lowest BCUT2D eigenvalue weighted by Gasteiger charge is -2.34. The summed E-state index contributed by atoms with van der Waals surface area (Å²) >= 11 is 0. The Hall–Kier alpha value is -1.99. The van der Waals surface area contributed by atoms with Crippen LogP contribution in [0.15, 0.2) is 35.2 Å². The van der Waals surface area contributed by atoms with Crippen molar-refractivity contribution >= 4 is 15.8 Å². The van der Waals surface area contributed by atoms with E-state index in [4.69, 9.17) is 0 Å². The summed E-state index contributed by atoms with van der Waals surface area (Å²) in [6.07, 6.45) is 0. The van der Waals surface area contributed by atoms with Crippen LogP contribution in [0.1, 0.15) is 16.8 Å². The molecule has 3 rings (SSSR count). The second kappa shape index (κ2) is 6.49. The molecule has 1 aromatic carbocycles. The molecular formula is C17H22N4O2S. The summed E-state index contributed by atoms with van der Waals surface area (Å²) in [5, 5.41) is 8.24. The summed E-state index contributed by atoms with van der Waals surface area (Å²) in [7, 11) is -3.45. The number of aromatic nitrogens is 2. The lowest BCUT2D eigenvalue weighted by Crippen LogP contribution is -2.49. The van der Waals surface area contributed by atoms with Crippen LogP contribution in [0.3, 0.4) is 0 Å². The standard InChI is InChI=1S/C17H22N4O2S/c1-13-10-14(2)12-16(11-13)24(22,23)21-8-6-20(7-9-21)17-5-4-15(3)18-19-17/h4-5,10-12H,6-9H2,1-3H3. The van der Waals surface area contributed by atoms with E-state index in [0.29, 0.717) is 31.1 Å². The van der Waals surface area contributed by atoms with Crippen LogP contribution in [0, 0.1) is 20.8 Å². The Morgan fingerprint density at radius 2 is 1.50 bits per heavy atom. The van der Waals surface area contributed by atoms with Crippen molar-refractivity contribution < 1.29 is 8.42 Å². The van der Waals surface area contributed by atoms with Gasteiger partial charge in [-0.05, 0) is 56.2 Å². The minimum atomic E-state index is -3.45. The Morgan fingerprint density at radius 3 is 2.04 bits per heavy atom. The van der Waals surface area contributed by atoms with Crippen LogP contribution in [-0.4, -0.2) is 49.1 Å². The van der Waals surface area contributed by atoms with Gasteiger partial charge in [-0.3, -0.25) is 0 Å². The average molecular weight is 346 g/mol. The number of aryl methyl sites for hydroxylation is 3. The summed E-state index contributed by atoms with van der Waals surface area (Å²) in [5.41, 5.74) is 2.79. The molecule has 0 radical (unpaired) electrons.